The number of aliphatic hydroxyl groups is 1. The fourth-order valence-corrected chi connectivity index (χ4v) is 3.53. The van der Waals surface area contributed by atoms with Gasteiger partial charge in [-0.25, -0.2) is 0 Å². The first-order valence-electron chi connectivity index (χ1n) is 9.34. The summed E-state index contributed by atoms with van der Waals surface area (Å²) in [6, 6.07) is 8.14. The molecule has 2 N–H and O–H groups in total. The average Bonchev–Trinajstić information content (AvgIpc) is 2.55. The van der Waals surface area contributed by atoms with Crippen molar-refractivity contribution in [3.05, 3.63) is 35.4 Å². The molecule has 1 fully saturated rings. The highest BCUT2D eigenvalue weighted by Gasteiger charge is 2.21. The zero-order valence-electron chi connectivity index (χ0n) is 15.9. The highest BCUT2D eigenvalue weighted by Crippen LogP contribution is 2.18. The molecular weight excluding hydrogens is 314 g/mol. The number of rotatable bonds is 8. The van der Waals surface area contributed by atoms with Gasteiger partial charge in [-0.05, 0) is 63.9 Å². The van der Waals surface area contributed by atoms with Crippen molar-refractivity contribution in [1.29, 1.82) is 0 Å². The van der Waals surface area contributed by atoms with Crippen LogP contribution in [-0.2, 0) is 11.3 Å². The van der Waals surface area contributed by atoms with E-state index in [1.807, 2.05) is 26.1 Å². The number of aliphatic hydroxyl groups excluding tert-OH is 1. The Kier molecular flexibility index (Phi) is 7.88. The Hall–Kier alpha value is -1.43. The summed E-state index contributed by atoms with van der Waals surface area (Å²) in [5.41, 5.74) is 2.38. The molecule has 0 saturated carbocycles. The van der Waals surface area contributed by atoms with Crippen molar-refractivity contribution in [2.45, 2.75) is 39.3 Å². The Morgan fingerprint density at radius 2 is 2.04 bits per heavy atom. The Morgan fingerprint density at radius 3 is 2.68 bits per heavy atom. The van der Waals surface area contributed by atoms with E-state index in [0.717, 1.165) is 39.0 Å². The number of hydrogen-bond donors (Lipinski definition) is 2. The van der Waals surface area contributed by atoms with Crippen LogP contribution in [0.4, 0.5) is 0 Å². The molecule has 2 rings (SSSR count). The van der Waals surface area contributed by atoms with Crippen LogP contribution in [0.5, 0.6) is 0 Å². The fourth-order valence-electron chi connectivity index (χ4n) is 3.53. The molecule has 0 aromatic heterocycles. The lowest BCUT2D eigenvalue weighted by Gasteiger charge is -2.34. The van der Waals surface area contributed by atoms with E-state index >= 15 is 0 Å². The highest BCUT2D eigenvalue weighted by molar-refractivity contribution is 5.78. The molecule has 1 aromatic rings. The molecular formula is C20H33N3O2. The van der Waals surface area contributed by atoms with Gasteiger partial charge >= 0.3 is 0 Å². The lowest BCUT2D eigenvalue weighted by molar-refractivity contribution is -0.122. The Labute approximate surface area is 152 Å². The molecule has 0 bridgehead atoms. The second-order valence-corrected chi connectivity index (χ2v) is 7.49. The van der Waals surface area contributed by atoms with E-state index in [0.29, 0.717) is 19.0 Å². The van der Waals surface area contributed by atoms with Crippen molar-refractivity contribution in [3.8, 4) is 0 Å². The maximum atomic E-state index is 12.2. The van der Waals surface area contributed by atoms with Crippen molar-refractivity contribution < 1.29 is 9.90 Å². The Morgan fingerprint density at radius 1 is 1.36 bits per heavy atom. The third-order valence-corrected chi connectivity index (χ3v) is 4.95. The molecule has 1 atom stereocenters. The van der Waals surface area contributed by atoms with Crippen LogP contribution >= 0.6 is 0 Å². The number of piperidine rings is 1. The van der Waals surface area contributed by atoms with Gasteiger partial charge in [0.25, 0.3) is 0 Å². The van der Waals surface area contributed by atoms with Gasteiger partial charge in [0.1, 0.15) is 0 Å². The second-order valence-electron chi connectivity index (χ2n) is 7.49. The van der Waals surface area contributed by atoms with E-state index in [1.54, 1.807) is 0 Å². The molecule has 0 aliphatic carbocycles. The van der Waals surface area contributed by atoms with Gasteiger partial charge in [-0.15, -0.1) is 0 Å². The molecule has 1 saturated heterocycles. The maximum absolute atomic E-state index is 12.2. The van der Waals surface area contributed by atoms with Gasteiger partial charge in [0.2, 0.25) is 5.91 Å². The monoisotopic (exact) mass is 347 g/mol. The van der Waals surface area contributed by atoms with Crippen LogP contribution in [-0.4, -0.2) is 66.7 Å². The first-order chi connectivity index (χ1) is 11.9. The number of likely N-dealkylation sites (tertiary alicyclic amines) is 1. The average molecular weight is 348 g/mol. The summed E-state index contributed by atoms with van der Waals surface area (Å²) < 4.78 is 0. The van der Waals surface area contributed by atoms with E-state index in [2.05, 4.69) is 34.2 Å². The van der Waals surface area contributed by atoms with E-state index in [4.69, 9.17) is 0 Å². The first kappa shape index (κ1) is 19.9. The number of carbonyl (C=O) groups excluding carboxylic acids is 1. The SMILES string of the molecule is Cc1ccccc1CNC(=O)CN(C)CC1CCN(CC(C)O)CC1. The molecule has 5 nitrogen and oxygen atoms in total. The quantitative estimate of drug-likeness (QED) is 0.751. The Bertz CT molecular complexity index is 539. The number of β-amino-alcohol motifs (C(OH)–C–C–N with tert-alkyl or cyclic N) is 1. The Balaban J connectivity index is 1.65. The van der Waals surface area contributed by atoms with Gasteiger partial charge in [0.05, 0.1) is 12.6 Å². The molecule has 1 aliphatic heterocycles. The fraction of sp³-hybridized carbons (Fsp3) is 0.650. The lowest BCUT2D eigenvalue weighted by Crippen LogP contribution is -2.42. The molecule has 1 unspecified atom stereocenters. The predicted molar refractivity (Wildman–Crippen MR) is 101 cm³/mol. The van der Waals surface area contributed by atoms with Gasteiger partial charge in [-0.2, -0.15) is 0 Å². The van der Waals surface area contributed by atoms with Crippen LogP contribution in [0.25, 0.3) is 0 Å². The summed E-state index contributed by atoms with van der Waals surface area (Å²) in [4.78, 5) is 16.6. The number of likely N-dealkylation sites (N-methyl/N-ethyl adjacent to an activating group) is 1. The zero-order chi connectivity index (χ0) is 18.2. The van der Waals surface area contributed by atoms with Crippen LogP contribution in [0.1, 0.15) is 30.9 Å². The highest BCUT2D eigenvalue weighted by atomic mass is 16.3. The summed E-state index contributed by atoms with van der Waals surface area (Å²) in [7, 11) is 2.02. The molecule has 1 aromatic carbocycles. The molecule has 1 heterocycles. The van der Waals surface area contributed by atoms with Crippen LogP contribution < -0.4 is 5.32 Å². The van der Waals surface area contributed by atoms with Crippen LogP contribution in [0.3, 0.4) is 0 Å². The minimum atomic E-state index is -0.254. The summed E-state index contributed by atoms with van der Waals surface area (Å²) in [5.74, 6) is 0.719. The predicted octanol–water partition coefficient (Wildman–Crippen LogP) is 1.64. The van der Waals surface area contributed by atoms with Gasteiger partial charge in [0, 0.05) is 19.6 Å². The molecule has 0 spiro atoms. The third-order valence-electron chi connectivity index (χ3n) is 4.95. The number of amides is 1. The zero-order valence-corrected chi connectivity index (χ0v) is 15.9. The van der Waals surface area contributed by atoms with Crippen molar-refractivity contribution in [2.24, 2.45) is 5.92 Å². The number of carbonyl (C=O) groups is 1. The first-order valence-corrected chi connectivity index (χ1v) is 9.34. The molecule has 5 heteroatoms. The third kappa shape index (κ3) is 7.14. The summed E-state index contributed by atoms with van der Waals surface area (Å²) in [6.45, 7) is 8.76. The number of aryl methyl sites for hydroxylation is 1. The summed E-state index contributed by atoms with van der Waals surface area (Å²) in [5, 5.41) is 12.5. The van der Waals surface area contributed by atoms with Crippen LogP contribution in [0, 0.1) is 12.8 Å². The van der Waals surface area contributed by atoms with Gasteiger partial charge in [-0.1, -0.05) is 24.3 Å². The number of nitrogens with zero attached hydrogens (tertiary/aromatic N) is 2. The van der Waals surface area contributed by atoms with Gasteiger partial charge in [-0.3, -0.25) is 9.69 Å². The van der Waals surface area contributed by atoms with Crippen molar-refractivity contribution in [2.75, 3.05) is 39.8 Å². The smallest absolute Gasteiger partial charge is 0.234 e. The van der Waals surface area contributed by atoms with Gasteiger partial charge < -0.3 is 15.3 Å². The van der Waals surface area contributed by atoms with Crippen LogP contribution in [0.15, 0.2) is 24.3 Å². The molecule has 140 valence electrons. The van der Waals surface area contributed by atoms with Crippen molar-refractivity contribution in [1.82, 2.24) is 15.1 Å². The number of hydrogen-bond acceptors (Lipinski definition) is 4. The number of nitrogens with one attached hydrogen (secondary N) is 1. The van der Waals surface area contributed by atoms with E-state index in [1.165, 1.54) is 11.1 Å². The summed E-state index contributed by atoms with van der Waals surface area (Å²) >= 11 is 0. The maximum Gasteiger partial charge on any atom is 0.234 e. The standard InChI is InChI=1S/C20H33N3O2/c1-16-6-4-5-7-19(16)12-21-20(25)15-22(3)14-18-8-10-23(11-9-18)13-17(2)24/h4-7,17-18,24H,8-15H2,1-3H3,(H,21,25). The minimum Gasteiger partial charge on any atom is -0.392 e. The number of benzene rings is 1. The van der Waals surface area contributed by atoms with Crippen molar-refractivity contribution >= 4 is 5.91 Å². The van der Waals surface area contributed by atoms with E-state index < -0.39 is 0 Å². The topological polar surface area (TPSA) is 55.8 Å². The minimum absolute atomic E-state index is 0.0808. The lowest BCUT2D eigenvalue weighted by atomic mass is 9.96. The molecule has 1 amide bonds. The van der Waals surface area contributed by atoms with Gasteiger partial charge in [0.15, 0.2) is 0 Å². The second kappa shape index (κ2) is 9.90. The van der Waals surface area contributed by atoms with Crippen molar-refractivity contribution in [3.63, 3.8) is 0 Å². The van der Waals surface area contributed by atoms with Crippen LogP contribution in [0.2, 0.25) is 0 Å². The normalized spacial score (nSPS) is 17.6. The van der Waals surface area contributed by atoms with E-state index in [9.17, 15) is 9.90 Å². The molecule has 1 aliphatic rings. The largest absolute Gasteiger partial charge is 0.392 e. The van der Waals surface area contributed by atoms with E-state index in [-0.39, 0.29) is 12.0 Å². The summed E-state index contributed by atoms with van der Waals surface area (Å²) in [6.07, 6.45) is 2.03. The molecule has 25 heavy (non-hydrogen) atoms. The molecule has 0 radical (unpaired) electrons.